The maximum atomic E-state index is 11.5. The Morgan fingerprint density at radius 1 is 1.44 bits per heavy atom. The lowest BCUT2D eigenvalue weighted by Crippen LogP contribution is -2.29. The van der Waals surface area contributed by atoms with Crippen LogP contribution in [0.1, 0.15) is 5.56 Å². The molecule has 0 radical (unpaired) electrons. The number of aryl methyl sites for hydroxylation is 1. The van der Waals surface area contributed by atoms with Crippen LogP contribution in [-0.2, 0) is 4.79 Å². The van der Waals surface area contributed by atoms with Crippen molar-refractivity contribution in [2.75, 3.05) is 31.1 Å². The van der Waals surface area contributed by atoms with Gasteiger partial charge in [-0.05, 0) is 24.6 Å². The number of hydrogen-bond acceptors (Lipinski definition) is 3. The molecule has 0 bridgehead atoms. The van der Waals surface area contributed by atoms with E-state index in [9.17, 15) is 4.79 Å². The smallest absolute Gasteiger partial charge is 0.165 e. The molecule has 2 rings (SSSR count). The van der Waals surface area contributed by atoms with Crippen LogP contribution >= 0.6 is 15.9 Å². The minimum Gasteiger partial charge on any atom is -0.363 e. The Labute approximate surface area is 104 Å². The highest BCUT2D eigenvalue weighted by atomic mass is 79.9. The van der Waals surface area contributed by atoms with Crippen LogP contribution in [0.5, 0.6) is 0 Å². The van der Waals surface area contributed by atoms with Crippen LogP contribution in [0.15, 0.2) is 22.7 Å². The van der Waals surface area contributed by atoms with E-state index in [2.05, 4.69) is 51.3 Å². The Morgan fingerprint density at radius 3 is 3.00 bits per heavy atom. The fraction of sp³-hybridized carbons (Fsp3) is 0.417. The molecule has 0 aromatic heterocycles. The Morgan fingerprint density at radius 2 is 2.25 bits per heavy atom. The van der Waals surface area contributed by atoms with Crippen molar-refractivity contribution in [3.05, 3.63) is 28.2 Å². The average molecular weight is 283 g/mol. The first-order valence-corrected chi connectivity index (χ1v) is 6.19. The van der Waals surface area contributed by atoms with Crippen molar-refractivity contribution in [2.45, 2.75) is 6.92 Å². The summed E-state index contributed by atoms with van der Waals surface area (Å²) in [7, 11) is 0. The van der Waals surface area contributed by atoms with Crippen LogP contribution in [0.4, 0.5) is 5.69 Å². The minimum absolute atomic E-state index is 0.245. The van der Waals surface area contributed by atoms with Gasteiger partial charge in [-0.15, -0.1) is 0 Å². The number of ketones is 1. The number of carbonyl (C=O) groups excluding carboxylic acids is 1. The van der Waals surface area contributed by atoms with Crippen LogP contribution in [-0.4, -0.2) is 32.0 Å². The standard InChI is InChI=1S/C12H15BrN2O/c1-9-2-3-10(6-12(9)13)15-5-4-14-7-11(16)8-15/h2-3,6,14H,4-5,7-8H2,1H3. The van der Waals surface area contributed by atoms with Gasteiger partial charge < -0.3 is 10.2 Å². The van der Waals surface area contributed by atoms with Crippen molar-refractivity contribution in [1.82, 2.24) is 5.32 Å². The maximum Gasteiger partial charge on any atom is 0.165 e. The van der Waals surface area contributed by atoms with Crippen molar-refractivity contribution in [2.24, 2.45) is 0 Å². The number of Topliss-reactive ketones (excluding diaryl/α,β-unsaturated/α-hetero) is 1. The molecule has 1 N–H and O–H groups in total. The molecule has 0 atom stereocenters. The largest absolute Gasteiger partial charge is 0.363 e. The van der Waals surface area contributed by atoms with Gasteiger partial charge in [-0.3, -0.25) is 4.79 Å². The van der Waals surface area contributed by atoms with Crippen molar-refractivity contribution in [3.63, 3.8) is 0 Å². The molecular weight excluding hydrogens is 268 g/mol. The molecule has 0 amide bonds. The predicted molar refractivity (Wildman–Crippen MR) is 69.0 cm³/mol. The molecule has 0 aliphatic carbocycles. The molecular formula is C12H15BrN2O. The normalized spacial score (nSPS) is 17.4. The zero-order chi connectivity index (χ0) is 11.5. The molecule has 4 heteroatoms. The van der Waals surface area contributed by atoms with Gasteiger partial charge in [-0.25, -0.2) is 0 Å². The Hall–Kier alpha value is -0.870. The zero-order valence-corrected chi connectivity index (χ0v) is 10.9. The summed E-state index contributed by atoms with van der Waals surface area (Å²) in [5.41, 5.74) is 2.32. The highest BCUT2D eigenvalue weighted by molar-refractivity contribution is 9.10. The predicted octanol–water partition coefficient (Wildman–Crippen LogP) is 1.74. The molecule has 1 aromatic carbocycles. The van der Waals surface area contributed by atoms with Gasteiger partial charge in [0, 0.05) is 23.2 Å². The molecule has 0 spiro atoms. The van der Waals surface area contributed by atoms with Gasteiger partial charge >= 0.3 is 0 Å². The topological polar surface area (TPSA) is 32.3 Å². The Bertz CT molecular complexity index is 406. The molecule has 1 saturated heterocycles. The molecule has 0 saturated carbocycles. The lowest BCUT2D eigenvalue weighted by Gasteiger charge is -2.22. The third kappa shape index (κ3) is 2.62. The number of halogens is 1. The number of anilines is 1. The quantitative estimate of drug-likeness (QED) is 0.852. The lowest BCUT2D eigenvalue weighted by atomic mass is 10.2. The van der Waals surface area contributed by atoms with Crippen molar-refractivity contribution in [1.29, 1.82) is 0 Å². The summed E-state index contributed by atoms with van der Waals surface area (Å²) in [6.07, 6.45) is 0. The molecule has 3 nitrogen and oxygen atoms in total. The van der Waals surface area contributed by atoms with Crippen LogP contribution < -0.4 is 10.2 Å². The third-order valence-corrected chi connectivity index (χ3v) is 3.62. The second kappa shape index (κ2) is 4.97. The van der Waals surface area contributed by atoms with E-state index < -0.39 is 0 Å². The number of nitrogens with one attached hydrogen (secondary N) is 1. The van der Waals surface area contributed by atoms with E-state index in [-0.39, 0.29) is 5.78 Å². The Kier molecular flexibility index (Phi) is 3.61. The highest BCUT2D eigenvalue weighted by Crippen LogP contribution is 2.23. The number of rotatable bonds is 1. The van der Waals surface area contributed by atoms with Gasteiger partial charge in [0.25, 0.3) is 0 Å². The van der Waals surface area contributed by atoms with Crippen LogP contribution in [0.2, 0.25) is 0 Å². The van der Waals surface area contributed by atoms with Gasteiger partial charge in [0.2, 0.25) is 0 Å². The zero-order valence-electron chi connectivity index (χ0n) is 9.29. The van der Waals surface area contributed by atoms with Crippen LogP contribution in [0.3, 0.4) is 0 Å². The van der Waals surface area contributed by atoms with Gasteiger partial charge in [-0.2, -0.15) is 0 Å². The first-order valence-electron chi connectivity index (χ1n) is 5.40. The molecule has 1 aromatic rings. The molecule has 1 fully saturated rings. The van der Waals surface area contributed by atoms with E-state index in [1.54, 1.807) is 0 Å². The van der Waals surface area contributed by atoms with E-state index in [4.69, 9.17) is 0 Å². The molecule has 86 valence electrons. The summed E-state index contributed by atoms with van der Waals surface area (Å²) < 4.78 is 1.09. The molecule has 1 heterocycles. The fourth-order valence-electron chi connectivity index (χ4n) is 1.79. The van der Waals surface area contributed by atoms with Crippen molar-refractivity contribution < 1.29 is 4.79 Å². The van der Waals surface area contributed by atoms with Crippen molar-refractivity contribution >= 4 is 27.4 Å². The van der Waals surface area contributed by atoms with Crippen LogP contribution in [0, 0.1) is 6.92 Å². The third-order valence-electron chi connectivity index (χ3n) is 2.77. The van der Waals surface area contributed by atoms with Crippen LogP contribution in [0.25, 0.3) is 0 Å². The Balaban J connectivity index is 2.21. The number of hydrogen-bond donors (Lipinski definition) is 1. The second-order valence-corrected chi connectivity index (χ2v) is 4.92. The van der Waals surface area contributed by atoms with E-state index >= 15 is 0 Å². The number of carbonyl (C=O) groups is 1. The molecule has 0 unspecified atom stereocenters. The monoisotopic (exact) mass is 282 g/mol. The second-order valence-electron chi connectivity index (χ2n) is 4.07. The highest BCUT2D eigenvalue weighted by Gasteiger charge is 2.15. The summed E-state index contributed by atoms with van der Waals surface area (Å²) in [6.45, 7) is 4.79. The summed E-state index contributed by atoms with van der Waals surface area (Å²) in [6, 6.07) is 6.22. The summed E-state index contributed by atoms with van der Waals surface area (Å²) in [5, 5.41) is 3.12. The fourth-order valence-corrected chi connectivity index (χ4v) is 2.16. The molecule has 1 aliphatic heterocycles. The molecule has 1 aliphatic rings. The van der Waals surface area contributed by atoms with E-state index in [1.165, 1.54) is 5.56 Å². The maximum absolute atomic E-state index is 11.5. The minimum atomic E-state index is 0.245. The van der Waals surface area contributed by atoms with Crippen molar-refractivity contribution in [3.8, 4) is 0 Å². The number of nitrogens with zero attached hydrogens (tertiary/aromatic N) is 1. The van der Waals surface area contributed by atoms with Gasteiger partial charge in [0.1, 0.15) is 0 Å². The van der Waals surface area contributed by atoms with Gasteiger partial charge in [0.15, 0.2) is 5.78 Å². The van der Waals surface area contributed by atoms with E-state index in [0.29, 0.717) is 13.1 Å². The first-order chi connectivity index (χ1) is 7.66. The van der Waals surface area contributed by atoms with Gasteiger partial charge in [-0.1, -0.05) is 22.0 Å². The average Bonchev–Trinajstić information content (AvgIpc) is 2.47. The lowest BCUT2D eigenvalue weighted by molar-refractivity contribution is -0.116. The molecule has 16 heavy (non-hydrogen) atoms. The number of benzene rings is 1. The van der Waals surface area contributed by atoms with E-state index in [0.717, 1.165) is 23.2 Å². The SMILES string of the molecule is Cc1ccc(N2CCNCC(=O)C2)cc1Br. The van der Waals surface area contributed by atoms with E-state index in [1.807, 2.05) is 0 Å². The summed E-state index contributed by atoms with van der Waals surface area (Å²) in [5.74, 6) is 0.245. The summed E-state index contributed by atoms with van der Waals surface area (Å²) in [4.78, 5) is 13.6. The van der Waals surface area contributed by atoms with Gasteiger partial charge in [0.05, 0.1) is 13.1 Å². The first kappa shape index (κ1) is 11.6. The summed E-state index contributed by atoms with van der Waals surface area (Å²) >= 11 is 3.52.